The Kier molecular flexibility index (Phi) is 4.93. The summed E-state index contributed by atoms with van der Waals surface area (Å²) in [6, 6.07) is 3.87. The SMILES string of the molecule is CCC(C(=O)[O-])=C1NC2(CCCCC2)Cc2cc(OC)c(OC)cc21. The van der Waals surface area contributed by atoms with E-state index < -0.39 is 5.97 Å². The van der Waals surface area contributed by atoms with Crippen LogP contribution < -0.4 is 19.9 Å². The number of hydrogen-bond donors (Lipinski definition) is 1. The third-order valence-corrected chi connectivity index (χ3v) is 5.51. The van der Waals surface area contributed by atoms with Crippen molar-refractivity contribution in [2.75, 3.05) is 14.2 Å². The molecular formula is C20H26NO4-. The number of hydrogen-bond acceptors (Lipinski definition) is 5. The van der Waals surface area contributed by atoms with Crippen molar-refractivity contribution in [1.29, 1.82) is 0 Å². The number of benzene rings is 1. The molecule has 0 bridgehead atoms. The Morgan fingerprint density at radius 3 is 2.36 bits per heavy atom. The van der Waals surface area contributed by atoms with Gasteiger partial charge in [0.1, 0.15) is 0 Å². The van der Waals surface area contributed by atoms with E-state index in [4.69, 9.17) is 9.47 Å². The van der Waals surface area contributed by atoms with Crippen LogP contribution in [0.1, 0.15) is 56.6 Å². The third-order valence-electron chi connectivity index (χ3n) is 5.51. The molecule has 0 atom stereocenters. The van der Waals surface area contributed by atoms with Gasteiger partial charge in [-0.25, -0.2) is 0 Å². The minimum absolute atomic E-state index is 0.0734. The van der Waals surface area contributed by atoms with E-state index in [0.29, 0.717) is 29.2 Å². The number of carbonyl (C=O) groups is 1. The maximum Gasteiger partial charge on any atom is 0.161 e. The first-order valence-electron chi connectivity index (χ1n) is 9.01. The lowest BCUT2D eigenvalue weighted by atomic mass is 9.73. The van der Waals surface area contributed by atoms with Crippen LogP contribution in [-0.4, -0.2) is 25.7 Å². The molecule has 0 unspecified atom stereocenters. The quantitative estimate of drug-likeness (QED) is 0.850. The molecule has 0 aromatic heterocycles. The summed E-state index contributed by atoms with van der Waals surface area (Å²) in [5.41, 5.74) is 2.93. The van der Waals surface area contributed by atoms with Gasteiger partial charge in [0.25, 0.3) is 0 Å². The van der Waals surface area contributed by atoms with Gasteiger partial charge in [-0.15, -0.1) is 0 Å². The van der Waals surface area contributed by atoms with Gasteiger partial charge in [0.05, 0.1) is 20.2 Å². The van der Waals surface area contributed by atoms with E-state index in [0.717, 1.165) is 43.2 Å². The molecule has 0 amide bonds. The lowest BCUT2D eigenvalue weighted by Crippen LogP contribution is -2.51. The largest absolute Gasteiger partial charge is 0.545 e. The summed E-state index contributed by atoms with van der Waals surface area (Å²) < 4.78 is 10.9. The fourth-order valence-electron chi connectivity index (χ4n) is 4.23. The average Bonchev–Trinajstić information content (AvgIpc) is 2.61. The number of fused-ring (bicyclic) bond motifs is 1. The number of ether oxygens (including phenoxy) is 2. The Morgan fingerprint density at radius 2 is 1.80 bits per heavy atom. The number of nitrogens with one attached hydrogen (secondary N) is 1. The van der Waals surface area contributed by atoms with Gasteiger partial charge in [-0.05, 0) is 49.0 Å². The van der Waals surface area contributed by atoms with E-state index >= 15 is 0 Å². The predicted octanol–water partition coefficient (Wildman–Crippen LogP) is 2.42. The molecule has 1 aliphatic carbocycles. The van der Waals surface area contributed by atoms with Gasteiger partial charge < -0.3 is 24.7 Å². The lowest BCUT2D eigenvalue weighted by Gasteiger charge is -2.45. The highest BCUT2D eigenvalue weighted by Crippen LogP contribution is 2.43. The molecule has 136 valence electrons. The molecule has 1 spiro atoms. The molecule has 0 radical (unpaired) electrons. The van der Waals surface area contributed by atoms with Crippen molar-refractivity contribution in [3.8, 4) is 11.5 Å². The average molecular weight is 344 g/mol. The van der Waals surface area contributed by atoms with E-state index in [2.05, 4.69) is 5.32 Å². The molecule has 1 aromatic rings. The van der Waals surface area contributed by atoms with Crippen LogP contribution in [0.5, 0.6) is 11.5 Å². The van der Waals surface area contributed by atoms with Gasteiger partial charge in [-0.1, -0.05) is 26.2 Å². The number of carboxylic acid groups (broad SMARTS) is 1. The topological polar surface area (TPSA) is 70.6 Å². The van der Waals surface area contributed by atoms with Gasteiger partial charge in [-0.3, -0.25) is 0 Å². The summed E-state index contributed by atoms with van der Waals surface area (Å²) in [4.78, 5) is 11.7. The van der Waals surface area contributed by atoms with Crippen molar-refractivity contribution in [3.05, 3.63) is 28.8 Å². The summed E-state index contributed by atoms with van der Waals surface area (Å²) in [6.45, 7) is 1.85. The highest BCUT2D eigenvalue weighted by molar-refractivity contribution is 5.96. The first-order valence-corrected chi connectivity index (χ1v) is 9.01. The van der Waals surface area contributed by atoms with Crippen molar-refractivity contribution in [2.24, 2.45) is 0 Å². The molecule has 1 fully saturated rings. The van der Waals surface area contributed by atoms with Crippen molar-refractivity contribution in [3.63, 3.8) is 0 Å². The first-order chi connectivity index (χ1) is 12.0. The zero-order valence-corrected chi connectivity index (χ0v) is 15.2. The van der Waals surface area contributed by atoms with Crippen LogP contribution in [0.2, 0.25) is 0 Å². The van der Waals surface area contributed by atoms with E-state index in [1.54, 1.807) is 14.2 Å². The maximum absolute atomic E-state index is 11.7. The van der Waals surface area contributed by atoms with E-state index in [-0.39, 0.29) is 5.54 Å². The number of rotatable bonds is 4. The van der Waals surface area contributed by atoms with E-state index in [1.165, 1.54) is 6.42 Å². The predicted molar refractivity (Wildman–Crippen MR) is 94.4 cm³/mol. The Hall–Kier alpha value is -2.17. The molecule has 5 nitrogen and oxygen atoms in total. The van der Waals surface area contributed by atoms with Crippen LogP contribution in [-0.2, 0) is 11.2 Å². The molecule has 1 aromatic carbocycles. The van der Waals surface area contributed by atoms with Gasteiger partial charge in [0.2, 0.25) is 0 Å². The molecule has 0 saturated heterocycles. The van der Waals surface area contributed by atoms with E-state index in [9.17, 15) is 9.90 Å². The van der Waals surface area contributed by atoms with Crippen molar-refractivity contribution >= 4 is 11.7 Å². The molecule has 25 heavy (non-hydrogen) atoms. The van der Waals surface area contributed by atoms with E-state index in [1.807, 2.05) is 19.1 Å². The highest BCUT2D eigenvalue weighted by atomic mass is 16.5. The number of carboxylic acids is 1. The van der Waals surface area contributed by atoms with Gasteiger partial charge >= 0.3 is 0 Å². The summed E-state index contributed by atoms with van der Waals surface area (Å²) >= 11 is 0. The Balaban J connectivity index is 2.20. The highest BCUT2D eigenvalue weighted by Gasteiger charge is 2.38. The zero-order chi connectivity index (χ0) is 18.0. The Labute approximate surface area is 149 Å². The molecule has 3 rings (SSSR count). The minimum Gasteiger partial charge on any atom is -0.545 e. The second-order valence-corrected chi connectivity index (χ2v) is 7.00. The maximum atomic E-state index is 11.7. The summed E-state index contributed by atoms with van der Waals surface area (Å²) in [5.74, 6) is 0.174. The molecule has 5 heteroatoms. The molecule has 1 N–H and O–H groups in total. The summed E-state index contributed by atoms with van der Waals surface area (Å²) in [5, 5.41) is 15.3. The first kappa shape index (κ1) is 17.6. The normalized spacial score (nSPS) is 20.4. The van der Waals surface area contributed by atoms with Gasteiger partial charge in [-0.2, -0.15) is 0 Å². The van der Waals surface area contributed by atoms with Gasteiger partial charge in [0.15, 0.2) is 11.5 Å². The van der Waals surface area contributed by atoms with Crippen molar-refractivity contribution in [2.45, 2.75) is 57.4 Å². The number of methoxy groups -OCH3 is 2. The van der Waals surface area contributed by atoms with Crippen LogP contribution in [0.4, 0.5) is 0 Å². The lowest BCUT2D eigenvalue weighted by molar-refractivity contribution is -0.299. The van der Waals surface area contributed by atoms with Crippen LogP contribution in [0.3, 0.4) is 0 Å². The van der Waals surface area contributed by atoms with Crippen LogP contribution in [0.25, 0.3) is 5.70 Å². The Bertz CT molecular complexity index is 702. The second kappa shape index (κ2) is 6.98. The molecule has 1 aliphatic heterocycles. The molecule has 2 aliphatic rings. The number of carbonyl (C=O) groups excluding carboxylic acids is 1. The fourth-order valence-corrected chi connectivity index (χ4v) is 4.23. The number of aliphatic carboxylic acids is 1. The van der Waals surface area contributed by atoms with Crippen molar-refractivity contribution < 1.29 is 19.4 Å². The monoisotopic (exact) mass is 344 g/mol. The summed E-state index contributed by atoms with van der Waals surface area (Å²) in [6.07, 6.45) is 6.95. The minimum atomic E-state index is -1.11. The van der Waals surface area contributed by atoms with Crippen LogP contribution in [0, 0.1) is 0 Å². The van der Waals surface area contributed by atoms with Crippen LogP contribution in [0.15, 0.2) is 17.7 Å². The standard InChI is InChI=1S/C20H27NO4/c1-4-14(19(22)23)18-15-11-17(25-3)16(24-2)10-13(15)12-20(21-18)8-6-5-7-9-20/h10-11,21H,4-9,12H2,1-3H3,(H,22,23)/p-1. The third kappa shape index (κ3) is 3.20. The zero-order valence-electron chi connectivity index (χ0n) is 15.2. The summed E-state index contributed by atoms with van der Waals surface area (Å²) in [7, 11) is 3.21. The molecular weight excluding hydrogens is 318 g/mol. The van der Waals surface area contributed by atoms with Gasteiger partial charge in [0, 0.05) is 16.8 Å². The fraction of sp³-hybridized carbons (Fsp3) is 0.550. The van der Waals surface area contributed by atoms with Crippen molar-refractivity contribution in [1.82, 2.24) is 5.32 Å². The second-order valence-electron chi connectivity index (χ2n) is 7.00. The molecule has 1 heterocycles. The Morgan fingerprint density at radius 1 is 1.16 bits per heavy atom. The van der Waals surface area contributed by atoms with Crippen LogP contribution >= 0.6 is 0 Å². The smallest absolute Gasteiger partial charge is 0.161 e. The molecule has 1 saturated carbocycles.